The van der Waals surface area contributed by atoms with Gasteiger partial charge in [0.15, 0.2) is 5.78 Å². The van der Waals surface area contributed by atoms with Gasteiger partial charge in [-0.1, -0.05) is 36.2 Å². The maximum absolute atomic E-state index is 11.6. The average molecular weight is 249 g/mol. The van der Waals surface area contributed by atoms with Crippen LogP contribution in [0.4, 0.5) is 0 Å². The Balaban J connectivity index is 2.84. The van der Waals surface area contributed by atoms with Crippen molar-refractivity contribution in [1.29, 1.82) is 0 Å². The second kappa shape index (κ2) is 5.64. The van der Waals surface area contributed by atoms with Gasteiger partial charge in [-0.25, -0.2) is 0 Å². The first-order valence-corrected chi connectivity index (χ1v) is 6.12. The number of carbonyl (C=O) groups is 1. The molecule has 0 aliphatic carbocycles. The van der Waals surface area contributed by atoms with Crippen LogP contribution in [0.2, 0.25) is 10.0 Å². The molecule has 0 radical (unpaired) electrons. The normalized spacial score (nSPS) is 10.2. The Hall–Kier alpha value is -0.180. The van der Waals surface area contributed by atoms with Crippen molar-refractivity contribution in [2.24, 2.45) is 0 Å². The maximum atomic E-state index is 11.6. The van der Waals surface area contributed by atoms with Crippen LogP contribution in [0.3, 0.4) is 0 Å². The molecule has 1 aromatic rings. The van der Waals surface area contributed by atoms with E-state index in [1.54, 1.807) is 30.0 Å². The molecule has 0 saturated heterocycles. The Morgan fingerprint density at radius 3 is 2.79 bits per heavy atom. The second-order valence-corrected chi connectivity index (χ2v) is 4.72. The smallest absolute Gasteiger partial charge is 0.174 e. The van der Waals surface area contributed by atoms with Crippen LogP contribution in [0.5, 0.6) is 0 Å². The molecule has 0 unspecified atom stereocenters. The Kier molecular flexibility index (Phi) is 4.79. The molecular weight excluding hydrogens is 239 g/mol. The van der Waals surface area contributed by atoms with E-state index in [9.17, 15) is 4.79 Å². The van der Waals surface area contributed by atoms with Crippen LogP contribution < -0.4 is 0 Å². The summed E-state index contributed by atoms with van der Waals surface area (Å²) in [5.74, 6) is 1.41. The minimum atomic E-state index is 0.0318. The van der Waals surface area contributed by atoms with E-state index in [-0.39, 0.29) is 5.78 Å². The standard InChI is InChI=1S/C10H10Cl2OS/c1-2-14-6-9(13)7-4-3-5-8(11)10(7)12/h3-5H,2,6H2,1H3. The zero-order chi connectivity index (χ0) is 10.6. The number of Topliss-reactive ketones (excluding diaryl/α,β-unsaturated/α-hetero) is 1. The molecule has 0 spiro atoms. The Bertz CT molecular complexity index is 339. The van der Waals surface area contributed by atoms with Gasteiger partial charge >= 0.3 is 0 Å². The fourth-order valence-corrected chi connectivity index (χ4v) is 1.94. The van der Waals surface area contributed by atoms with Crippen molar-refractivity contribution in [1.82, 2.24) is 0 Å². The number of halogens is 2. The summed E-state index contributed by atoms with van der Waals surface area (Å²) in [7, 11) is 0. The van der Waals surface area contributed by atoms with E-state index >= 15 is 0 Å². The van der Waals surface area contributed by atoms with E-state index in [0.717, 1.165) is 5.75 Å². The molecule has 0 N–H and O–H groups in total. The van der Waals surface area contributed by atoms with Crippen LogP contribution in [0.15, 0.2) is 18.2 Å². The number of thioether (sulfide) groups is 1. The monoisotopic (exact) mass is 248 g/mol. The molecule has 1 nitrogen and oxygen atoms in total. The molecular formula is C10H10Cl2OS. The van der Waals surface area contributed by atoms with Crippen molar-refractivity contribution >= 4 is 40.7 Å². The molecule has 0 saturated carbocycles. The SMILES string of the molecule is CCSCC(=O)c1cccc(Cl)c1Cl. The first-order valence-electron chi connectivity index (χ1n) is 4.21. The van der Waals surface area contributed by atoms with Crippen molar-refractivity contribution in [3.63, 3.8) is 0 Å². The van der Waals surface area contributed by atoms with Gasteiger partial charge in [0.25, 0.3) is 0 Å². The van der Waals surface area contributed by atoms with Crippen molar-refractivity contribution in [3.8, 4) is 0 Å². The Labute approximate surface area is 97.8 Å². The molecule has 76 valence electrons. The summed E-state index contributed by atoms with van der Waals surface area (Å²) < 4.78 is 0. The average Bonchev–Trinajstić information content (AvgIpc) is 2.18. The minimum Gasteiger partial charge on any atom is -0.293 e. The van der Waals surface area contributed by atoms with Gasteiger partial charge in [-0.3, -0.25) is 4.79 Å². The van der Waals surface area contributed by atoms with Gasteiger partial charge in [0.1, 0.15) is 0 Å². The van der Waals surface area contributed by atoms with Gasteiger partial charge in [0.05, 0.1) is 15.8 Å². The zero-order valence-electron chi connectivity index (χ0n) is 7.72. The summed E-state index contributed by atoms with van der Waals surface area (Å²) >= 11 is 13.3. The van der Waals surface area contributed by atoms with Crippen LogP contribution in [0.25, 0.3) is 0 Å². The van der Waals surface area contributed by atoms with Gasteiger partial charge in [-0.2, -0.15) is 11.8 Å². The van der Waals surface area contributed by atoms with E-state index in [1.165, 1.54) is 0 Å². The topological polar surface area (TPSA) is 17.1 Å². The minimum absolute atomic E-state index is 0.0318. The number of benzene rings is 1. The van der Waals surface area contributed by atoms with E-state index < -0.39 is 0 Å². The lowest BCUT2D eigenvalue weighted by Gasteiger charge is -2.03. The van der Waals surface area contributed by atoms with Crippen LogP contribution in [0, 0.1) is 0 Å². The van der Waals surface area contributed by atoms with Gasteiger partial charge in [-0.05, 0) is 17.9 Å². The van der Waals surface area contributed by atoms with Crippen molar-refractivity contribution < 1.29 is 4.79 Å². The lowest BCUT2D eigenvalue weighted by molar-refractivity contribution is 0.102. The predicted molar refractivity (Wildman–Crippen MR) is 63.8 cm³/mol. The lowest BCUT2D eigenvalue weighted by Crippen LogP contribution is -2.03. The van der Waals surface area contributed by atoms with Gasteiger partial charge in [0, 0.05) is 5.56 Å². The van der Waals surface area contributed by atoms with E-state index in [0.29, 0.717) is 21.4 Å². The van der Waals surface area contributed by atoms with Crippen LogP contribution in [-0.4, -0.2) is 17.3 Å². The molecule has 0 bridgehead atoms. The molecule has 1 rings (SSSR count). The summed E-state index contributed by atoms with van der Waals surface area (Å²) in [6, 6.07) is 5.11. The Morgan fingerprint density at radius 2 is 2.14 bits per heavy atom. The third-order valence-corrected chi connectivity index (χ3v) is 3.38. The summed E-state index contributed by atoms with van der Waals surface area (Å²) in [5, 5.41) is 0.787. The molecule has 0 aromatic heterocycles. The fourth-order valence-electron chi connectivity index (χ4n) is 0.992. The van der Waals surface area contributed by atoms with E-state index in [1.807, 2.05) is 6.92 Å². The number of hydrogen-bond acceptors (Lipinski definition) is 2. The zero-order valence-corrected chi connectivity index (χ0v) is 10.0. The highest BCUT2D eigenvalue weighted by atomic mass is 35.5. The molecule has 4 heteroatoms. The number of rotatable bonds is 4. The van der Waals surface area contributed by atoms with Crippen molar-refractivity contribution in [2.75, 3.05) is 11.5 Å². The first-order chi connectivity index (χ1) is 6.66. The van der Waals surface area contributed by atoms with Crippen molar-refractivity contribution in [2.45, 2.75) is 6.92 Å². The largest absolute Gasteiger partial charge is 0.293 e. The molecule has 0 heterocycles. The highest BCUT2D eigenvalue weighted by Gasteiger charge is 2.11. The molecule has 0 aliphatic rings. The predicted octanol–water partition coefficient (Wildman–Crippen LogP) is 3.93. The van der Waals surface area contributed by atoms with Crippen LogP contribution in [0.1, 0.15) is 17.3 Å². The van der Waals surface area contributed by atoms with Gasteiger partial charge < -0.3 is 0 Å². The van der Waals surface area contributed by atoms with E-state index in [2.05, 4.69) is 0 Å². The molecule has 1 aromatic carbocycles. The molecule has 0 aliphatic heterocycles. The van der Waals surface area contributed by atoms with Crippen molar-refractivity contribution in [3.05, 3.63) is 33.8 Å². The molecule has 0 amide bonds. The number of carbonyl (C=O) groups excluding carboxylic acids is 1. The first kappa shape index (κ1) is 11.9. The molecule has 14 heavy (non-hydrogen) atoms. The maximum Gasteiger partial charge on any atom is 0.174 e. The highest BCUT2D eigenvalue weighted by Crippen LogP contribution is 2.26. The summed E-state index contributed by atoms with van der Waals surface area (Å²) in [6.07, 6.45) is 0. The molecule has 0 fully saturated rings. The third-order valence-electron chi connectivity index (χ3n) is 1.69. The van der Waals surface area contributed by atoms with Crippen LogP contribution in [-0.2, 0) is 0 Å². The van der Waals surface area contributed by atoms with Gasteiger partial charge in [0.2, 0.25) is 0 Å². The summed E-state index contributed by atoms with van der Waals surface area (Å²) in [5.41, 5.74) is 0.514. The highest BCUT2D eigenvalue weighted by molar-refractivity contribution is 7.99. The lowest BCUT2D eigenvalue weighted by atomic mass is 10.1. The Morgan fingerprint density at radius 1 is 1.43 bits per heavy atom. The number of hydrogen-bond donors (Lipinski definition) is 0. The fraction of sp³-hybridized carbons (Fsp3) is 0.300. The van der Waals surface area contributed by atoms with Crippen LogP contribution >= 0.6 is 35.0 Å². The van der Waals surface area contributed by atoms with Gasteiger partial charge in [-0.15, -0.1) is 0 Å². The molecule has 0 atom stereocenters. The van der Waals surface area contributed by atoms with E-state index in [4.69, 9.17) is 23.2 Å². The number of ketones is 1. The third kappa shape index (κ3) is 2.91. The summed E-state index contributed by atoms with van der Waals surface area (Å²) in [4.78, 5) is 11.6. The second-order valence-electron chi connectivity index (χ2n) is 2.66. The summed E-state index contributed by atoms with van der Waals surface area (Å²) in [6.45, 7) is 2.01. The quantitative estimate of drug-likeness (QED) is 0.752.